The molecule has 21 heavy (non-hydrogen) atoms. The van der Waals surface area contributed by atoms with Gasteiger partial charge < -0.3 is 4.65 Å². The normalized spacial score (nSPS) is 17.6. The molecule has 1 rings (SSSR count). The molecule has 1 N–H and O–H groups in total. The second kappa shape index (κ2) is 7.93. The van der Waals surface area contributed by atoms with Crippen LogP contribution in [0.4, 0.5) is 0 Å². The maximum atomic E-state index is 4.11. The van der Waals surface area contributed by atoms with Gasteiger partial charge in [0.1, 0.15) is 16.5 Å². The number of nitrogens with one attached hydrogen (secondary N) is 1. The van der Waals surface area contributed by atoms with Crippen LogP contribution in [0.3, 0.4) is 0 Å². The molecular weight excluding hydrogens is 286 g/mol. The van der Waals surface area contributed by atoms with Crippen LogP contribution in [0.25, 0.3) is 0 Å². The zero-order valence-electron chi connectivity index (χ0n) is 15.3. The first-order valence-electron chi connectivity index (χ1n) is 8.89. The molecule has 0 amide bonds. The van der Waals surface area contributed by atoms with Crippen LogP contribution >= 0.6 is 0 Å². The van der Waals surface area contributed by atoms with E-state index in [-0.39, 0.29) is 0 Å². The number of hydrogen-bond acceptors (Lipinski definition) is 1. The minimum atomic E-state index is -1.49. The first-order chi connectivity index (χ1) is 9.72. The zero-order valence-corrected chi connectivity index (χ0v) is 17.3. The Bertz CT molecular complexity index is 352. The van der Waals surface area contributed by atoms with Gasteiger partial charge in [0.2, 0.25) is 0 Å². The SMILES string of the molecule is CCCCCCCCC1([Si](C)(C)N[Si](C)(C)C)C=CC=C1. The molecule has 0 saturated carbocycles. The molecule has 0 aromatic carbocycles. The molecule has 0 spiro atoms. The van der Waals surface area contributed by atoms with E-state index in [0.717, 1.165) is 0 Å². The van der Waals surface area contributed by atoms with Crippen molar-refractivity contribution in [1.29, 1.82) is 0 Å². The maximum Gasteiger partial charge on any atom is 0.126 e. The zero-order chi connectivity index (χ0) is 16.0. The Morgan fingerprint density at radius 3 is 1.86 bits per heavy atom. The lowest BCUT2D eigenvalue weighted by Gasteiger charge is -2.44. The standard InChI is InChI=1S/C18H37NSi2/c1-7-8-9-10-11-12-15-18(16-13-14-17-18)21(5,6)19-20(2,3)4/h13-14,16-17,19H,7-12,15H2,1-6H3. The highest BCUT2D eigenvalue weighted by atomic mass is 28.4. The Kier molecular flexibility index (Phi) is 7.15. The second-order valence-corrected chi connectivity index (χ2v) is 18.0. The van der Waals surface area contributed by atoms with Crippen molar-refractivity contribution < 1.29 is 0 Å². The summed E-state index contributed by atoms with van der Waals surface area (Å²) in [7, 11) is -2.72. The van der Waals surface area contributed by atoms with Gasteiger partial charge in [0.05, 0.1) is 0 Å². The topological polar surface area (TPSA) is 12.0 Å². The summed E-state index contributed by atoms with van der Waals surface area (Å²) in [5.41, 5.74) is 0. The van der Waals surface area contributed by atoms with Crippen molar-refractivity contribution in [3.05, 3.63) is 24.3 Å². The van der Waals surface area contributed by atoms with Gasteiger partial charge in [-0.15, -0.1) is 0 Å². The van der Waals surface area contributed by atoms with Crippen molar-refractivity contribution in [3.8, 4) is 0 Å². The molecule has 0 aromatic heterocycles. The summed E-state index contributed by atoms with van der Waals surface area (Å²) in [6, 6.07) is 0. The van der Waals surface area contributed by atoms with E-state index >= 15 is 0 Å². The summed E-state index contributed by atoms with van der Waals surface area (Å²) in [4.78, 5) is 0. The molecule has 0 atom stereocenters. The lowest BCUT2D eigenvalue weighted by molar-refractivity contribution is 0.562. The number of hydrogen-bond donors (Lipinski definition) is 1. The van der Waals surface area contributed by atoms with Crippen molar-refractivity contribution in [2.45, 2.75) is 89.6 Å². The summed E-state index contributed by atoms with van der Waals surface area (Å²) in [6.07, 6.45) is 19.2. The third-order valence-electron chi connectivity index (χ3n) is 4.69. The smallest absolute Gasteiger partial charge is 0.126 e. The molecular formula is C18H37NSi2. The molecule has 122 valence electrons. The van der Waals surface area contributed by atoms with E-state index in [1.54, 1.807) is 0 Å². The molecule has 0 saturated heterocycles. The van der Waals surface area contributed by atoms with Gasteiger partial charge in [-0.1, -0.05) is 102 Å². The van der Waals surface area contributed by atoms with Crippen molar-refractivity contribution in [1.82, 2.24) is 4.65 Å². The van der Waals surface area contributed by atoms with E-state index in [1.165, 1.54) is 44.9 Å². The molecule has 0 unspecified atom stereocenters. The van der Waals surface area contributed by atoms with E-state index in [0.29, 0.717) is 5.04 Å². The second-order valence-electron chi connectivity index (χ2n) is 8.28. The average molecular weight is 324 g/mol. The molecule has 0 aromatic rings. The molecule has 1 aliphatic carbocycles. The summed E-state index contributed by atoms with van der Waals surface area (Å²) >= 11 is 0. The van der Waals surface area contributed by atoms with Gasteiger partial charge in [-0.3, -0.25) is 0 Å². The third kappa shape index (κ3) is 5.88. The number of allylic oxidation sites excluding steroid dienone is 4. The van der Waals surface area contributed by atoms with E-state index < -0.39 is 16.5 Å². The Labute approximate surface area is 135 Å². The van der Waals surface area contributed by atoms with Gasteiger partial charge in [0, 0.05) is 5.04 Å². The number of rotatable bonds is 10. The first-order valence-corrected chi connectivity index (χ1v) is 15.4. The minimum absolute atomic E-state index is 0.345. The molecule has 0 bridgehead atoms. The molecule has 0 radical (unpaired) electrons. The average Bonchev–Trinajstić information content (AvgIpc) is 2.81. The minimum Gasteiger partial charge on any atom is -0.359 e. The van der Waals surface area contributed by atoms with E-state index in [4.69, 9.17) is 0 Å². The van der Waals surface area contributed by atoms with Crippen LogP contribution in [0.2, 0.25) is 37.8 Å². The Hall–Kier alpha value is -0.126. The fourth-order valence-electron chi connectivity index (χ4n) is 3.66. The van der Waals surface area contributed by atoms with Gasteiger partial charge in [0.25, 0.3) is 0 Å². The lowest BCUT2D eigenvalue weighted by atomic mass is 10.0. The van der Waals surface area contributed by atoms with Gasteiger partial charge in [-0.2, -0.15) is 0 Å². The fourth-order valence-corrected chi connectivity index (χ4v) is 13.9. The quantitative estimate of drug-likeness (QED) is 0.371. The van der Waals surface area contributed by atoms with Crippen LogP contribution in [0.5, 0.6) is 0 Å². The lowest BCUT2D eigenvalue weighted by Crippen LogP contribution is -2.62. The predicted octanol–water partition coefficient (Wildman–Crippen LogP) is 6.23. The molecule has 1 aliphatic rings. The highest BCUT2D eigenvalue weighted by Gasteiger charge is 2.45. The summed E-state index contributed by atoms with van der Waals surface area (Å²) < 4.78 is 4.11. The van der Waals surface area contributed by atoms with Crippen LogP contribution in [-0.2, 0) is 0 Å². The molecule has 0 aliphatic heterocycles. The van der Waals surface area contributed by atoms with Gasteiger partial charge >= 0.3 is 0 Å². The molecule has 3 heteroatoms. The van der Waals surface area contributed by atoms with Gasteiger partial charge in [-0.05, 0) is 6.42 Å². The highest BCUT2D eigenvalue weighted by Crippen LogP contribution is 2.47. The monoisotopic (exact) mass is 323 g/mol. The molecule has 0 heterocycles. The van der Waals surface area contributed by atoms with Crippen molar-refractivity contribution in [2.75, 3.05) is 0 Å². The fraction of sp³-hybridized carbons (Fsp3) is 0.778. The Morgan fingerprint density at radius 2 is 1.33 bits per heavy atom. The van der Waals surface area contributed by atoms with Crippen LogP contribution in [-0.4, -0.2) is 16.5 Å². The van der Waals surface area contributed by atoms with Crippen LogP contribution in [0.15, 0.2) is 24.3 Å². The Morgan fingerprint density at radius 1 is 0.810 bits per heavy atom. The summed E-state index contributed by atoms with van der Waals surface area (Å²) in [5.74, 6) is 0. The maximum absolute atomic E-state index is 4.11. The van der Waals surface area contributed by atoms with Crippen LogP contribution in [0, 0.1) is 0 Å². The van der Waals surface area contributed by atoms with E-state index in [9.17, 15) is 0 Å². The number of unbranched alkanes of at least 4 members (excludes halogenated alkanes) is 5. The first kappa shape index (κ1) is 18.9. The highest BCUT2D eigenvalue weighted by molar-refractivity contribution is 6.92. The van der Waals surface area contributed by atoms with E-state index in [1.807, 2.05) is 0 Å². The third-order valence-corrected chi connectivity index (χ3v) is 13.1. The van der Waals surface area contributed by atoms with Gasteiger partial charge in [0.15, 0.2) is 0 Å². The van der Waals surface area contributed by atoms with Crippen molar-refractivity contribution in [3.63, 3.8) is 0 Å². The van der Waals surface area contributed by atoms with Crippen LogP contribution in [0.1, 0.15) is 51.9 Å². The predicted molar refractivity (Wildman–Crippen MR) is 103 cm³/mol. The summed E-state index contributed by atoms with van der Waals surface area (Å²) in [6.45, 7) is 14.7. The van der Waals surface area contributed by atoms with Crippen molar-refractivity contribution >= 4 is 16.5 Å². The largest absolute Gasteiger partial charge is 0.359 e. The summed E-state index contributed by atoms with van der Waals surface area (Å²) in [5, 5.41) is 0.345. The molecule has 1 nitrogen and oxygen atoms in total. The molecule has 0 fully saturated rings. The Balaban J connectivity index is 2.59. The van der Waals surface area contributed by atoms with Crippen molar-refractivity contribution in [2.24, 2.45) is 0 Å². The van der Waals surface area contributed by atoms with E-state index in [2.05, 4.69) is 68.6 Å². The van der Waals surface area contributed by atoms with Gasteiger partial charge in [-0.25, -0.2) is 0 Å². The van der Waals surface area contributed by atoms with Crippen LogP contribution < -0.4 is 4.65 Å².